The summed E-state index contributed by atoms with van der Waals surface area (Å²) in [6.45, 7) is 0. The van der Waals surface area contributed by atoms with Gasteiger partial charge in [0.2, 0.25) is 11.7 Å². The quantitative estimate of drug-likeness (QED) is 0.700. The van der Waals surface area contributed by atoms with E-state index in [1.807, 2.05) is 0 Å². The highest BCUT2D eigenvalue weighted by atomic mass is 16.5. The van der Waals surface area contributed by atoms with Crippen molar-refractivity contribution >= 4 is 11.6 Å². The summed E-state index contributed by atoms with van der Waals surface area (Å²) in [4.78, 5) is 8.75. The molecule has 0 unspecified atom stereocenters. The van der Waals surface area contributed by atoms with Crippen molar-refractivity contribution in [2.75, 3.05) is 26.6 Å². The molecule has 26 heavy (non-hydrogen) atoms. The van der Waals surface area contributed by atoms with E-state index in [1.165, 1.54) is 0 Å². The van der Waals surface area contributed by atoms with Crippen molar-refractivity contribution in [3.63, 3.8) is 0 Å². The number of hydrogen-bond acceptors (Lipinski definition) is 7. The highest BCUT2D eigenvalue weighted by Gasteiger charge is 2.14. The van der Waals surface area contributed by atoms with Crippen molar-refractivity contribution in [2.24, 2.45) is 0 Å². The molecular weight excluding hydrogens is 334 g/mol. The Labute approximate surface area is 151 Å². The zero-order chi connectivity index (χ0) is 18.5. The summed E-state index contributed by atoms with van der Waals surface area (Å²) in [5.41, 5.74) is 2.30. The maximum Gasteiger partial charge on any atom is 0.227 e. The molecular formula is C19H19N3O4. The molecule has 1 heterocycles. The maximum absolute atomic E-state index is 9.42. The van der Waals surface area contributed by atoms with E-state index >= 15 is 0 Å². The summed E-state index contributed by atoms with van der Waals surface area (Å²) in [6, 6.07) is 12.2. The first-order chi connectivity index (χ1) is 12.6. The Morgan fingerprint density at radius 3 is 2.12 bits per heavy atom. The molecule has 1 aromatic heterocycles. The van der Waals surface area contributed by atoms with E-state index in [0.717, 1.165) is 11.3 Å². The average Bonchev–Trinajstić information content (AvgIpc) is 2.68. The third-order valence-electron chi connectivity index (χ3n) is 3.74. The minimum atomic E-state index is 0.207. The summed E-state index contributed by atoms with van der Waals surface area (Å²) < 4.78 is 16.0. The Hall–Kier alpha value is -3.48. The molecule has 0 aliphatic heterocycles. The molecule has 0 bridgehead atoms. The summed E-state index contributed by atoms with van der Waals surface area (Å²) in [5.74, 6) is 2.20. The lowest BCUT2D eigenvalue weighted by atomic mass is 10.1. The van der Waals surface area contributed by atoms with E-state index in [1.54, 1.807) is 70.0 Å². The van der Waals surface area contributed by atoms with Gasteiger partial charge in [-0.25, -0.2) is 9.97 Å². The number of hydrogen-bond donors (Lipinski definition) is 2. The maximum atomic E-state index is 9.42. The van der Waals surface area contributed by atoms with E-state index in [0.29, 0.717) is 28.9 Å². The fraction of sp³-hybridized carbons (Fsp3) is 0.158. The number of anilines is 2. The van der Waals surface area contributed by atoms with Crippen LogP contribution in [0, 0.1) is 0 Å². The summed E-state index contributed by atoms with van der Waals surface area (Å²) in [5, 5.41) is 12.6. The lowest BCUT2D eigenvalue weighted by molar-refractivity contribution is 0.324. The van der Waals surface area contributed by atoms with Crippen LogP contribution in [0.15, 0.2) is 48.7 Å². The van der Waals surface area contributed by atoms with Gasteiger partial charge in [-0.15, -0.1) is 0 Å². The van der Waals surface area contributed by atoms with Gasteiger partial charge < -0.3 is 24.6 Å². The second kappa shape index (κ2) is 7.60. The summed E-state index contributed by atoms with van der Waals surface area (Å²) >= 11 is 0. The summed E-state index contributed by atoms with van der Waals surface area (Å²) in [6.07, 6.45) is 1.66. The molecule has 7 nitrogen and oxygen atoms in total. The first-order valence-electron chi connectivity index (χ1n) is 7.84. The molecule has 0 aliphatic carbocycles. The molecule has 3 aromatic rings. The lowest BCUT2D eigenvalue weighted by Gasteiger charge is -2.14. The number of ether oxygens (including phenoxy) is 3. The fourth-order valence-electron chi connectivity index (χ4n) is 2.49. The topological polar surface area (TPSA) is 85.7 Å². The van der Waals surface area contributed by atoms with E-state index in [9.17, 15) is 5.11 Å². The molecule has 0 atom stereocenters. The molecule has 2 aromatic carbocycles. The number of methoxy groups -OCH3 is 3. The number of phenols is 1. The third-order valence-corrected chi connectivity index (χ3v) is 3.74. The smallest absolute Gasteiger partial charge is 0.227 e. The van der Waals surface area contributed by atoms with Crippen LogP contribution in [0.25, 0.3) is 11.3 Å². The number of aromatic hydroxyl groups is 1. The van der Waals surface area contributed by atoms with Crippen LogP contribution in [-0.2, 0) is 0 Å². The molecule has 0 saturated heterocycles. The Kier molecular flexibility index (Phi) is 5.07. The molecule has 3 rings (SSSR count). The standard InChI is InChI=1S/C19H19N3O4/c1-24-16-10-13(11-17(25-2)18(16)26-3)21-19-20-9-8-15(22-19)12-4-6-14(23)7-5-12/h4-11,23H,1-3H3,(H,20,21,22). The number of nitrogens with one attached hydrogen (secondary N) is 1. The first-order valence-corrected chi connectivity index (χ1v) is 7.84. The predicted molar refractivity (Wildman–Crippen MR) is 98.5 cm³/mol. The van der Waals surface area contributed by atoms with Crippen LogP contribution in [0.5, 0.6) is 23.0 Å². The predicted octanol–water partition coefficient (Wildman–Crippen LogP) is 3.62. The van der Waals surface area contributed by atoms with Gasteiger partial charge >= 0.3 is 0 Å². The van der Waals surface area contributed by atoms with Crippen LogP contribution in [0.4, 0.5) is 11.6 Å². The van der Waals surface area contributed by atoms with Crippen molar-refractivity contribution in [1.29, 1.82) is 0 Å². The van der Waals surface area contributed by atoms with Crippen molar-refractivity contribution < 1.29 is 19.3 Å². The van der Waals surface area contributed by atoms with E-state index in [2.05, 4.69) is 15.3 Å². The monoisotopic (exact) mass is 353 g/mol. The number of benzene rings is 2. The second-order valence-electron chi connectivity index (χ2n) is 5.35. The highest BCUT2D eigenvalue weighted by Crippen LogP contribution is 2.40. The number of phenolic OH excluding ortho intramolecular Hbond substituents is 1. The SMILES string of the molecule is COc1cc(Nc2nccc(-c3ccc(O)cc3)n2)cc(OC)c1OC. The van der Waals surface area contributed by atoms with Gasteiger partial charge in [0.1, 0.15) is 5.75 Å². The Bertz CT molecular complexity index is 873. The molecule has 0 aliphatic rings. The number of aromatic nitrogens is 2. The van der Waals surface area contributed by atoms with Gasteiger partial charge in [-0.3, -0.25) is 0 Å². The first kappa shape index (κ1) is 17.3. The largest absolute Gasteiger partial charge is 0.508 e. The third kappa shape index (κ3) is 3.61. The van der Waals surface area contributed by atoms with Gasteiger partial charge in [-0.2, -0.15) is 0 Å². The van der Waals surface area contributed by atoms with E-state index < -0.39 is 0 Å². The van der Waals surface area contributed by atoms with E-state index in [-0.39, 0.29) is 5.75 Å². The molecule has 134 valence electrons. The Morgan fingerprint density at radius 2 is 1.54 bits per heavy atom. The van der Waals surface area contributed by atoms with Crippen LogP contribution < -0.4 is 19.5 Å². The van der Waals surface area contributed by atoms with Crippen LogP contribution in [0.1, 0.15) is 0 Å². The van der Waals surface area contributed by atoms with Crippen LogP contribution in [0.2, 0.25) is 0 Å². The number of rotatable bonds is 6. The fourth-order valence-corrected chi connectivity index (χ4v) is 2.49. The van der Waals surface area contributed by atoms with Crippen LogP contribution >= 0.6 is 0 Å². The van der Waals surface area contributed by atoms with Gasteiger partial charge in [0, 0.05) is 29.6 Å². The van der Waals surface area contributed by atoms with Gasteiger partial charge in [-0.05, 0) is 30.3 Å². The second-order valence-corrected chi connectivity index (χ2v) is 5.35. The zero-order valence-corrected chi connectivity index (χ0v) is 14.7. The van der Waals surface area contributed by atoms with Crippen LogP contribution in [-0.4, -0.2) is 36.4 Å². The Balaban J connectivity index is 1.92. The van der Waals surface area contributed by atoms with Crippen molar-refractivity contribution in [3.8, 4) is 34.3 Å². The van der Waals surface area contributed by atoms with Gasteiger partial charge in [0.25, 0.3) is 0 Å². The highest BCUT2D eigenvalue weighted by molar-refractivity contribution is 5.67. The van der Waals surface area contributed by atoms with Gasteiger partial charge in [-0.1, -0.05) is 0 Å². The van der Waals surface area contributed by atoms with Gasteiger partial charge in [0.15, 0.2) is 11.5 Å². The van der Waals surface area contributed by atoms with Crippen molar-refractivity contribution in [1.82, 2.24) is 9.97 Å². The normalized spacial score (nSPS) is 10.3. The van der Waals surface area contributed by atoms with E-state index in [4.69, 9.17) is 14.2 Å². The summed E-state index contributed by atoms with van der Waals surface area (Å²) in [7, 11) is 4.67. The Morgan fingerprint density at radius 1 is 0.885 bits per heavy atom. The average molecular weight is 353 g/mol. The van der Waals surface area contributed by atoms with Crippen molar-refractivity contribution in [3.05, 3.63) is 48.7 Å². The lowest BCUT2D eigenvalue weighted by Crippen LogP contribution is -2.00. The molecule has 0 fully saturated rings. The van der Waals surface area contributed by atoms with Gasteiger partial charge in [0.05, 0.1) is 27.0 Å². The van der Waals surface area contributed by atoms with Crippen LogP contribution in [0.3, 0.4) is 0 Å². The molecule has 0 spiro atoms. The molecule has 0 amide bonds. The molecule has 0 saturated carbocycles. The minimum Gasteiger partial charge on any atom is -0.508 e. The number of nitrogens with zero attached hydrogens (tertiary/aromatic N) is 2. The molecule has 0 radical (unpaired) electrons. The molecule has 7 heteroatoms. The molecule has 2 N–H and O–H groups in total. The van der Waals surface area contributed by atoms with Crippen molar-refractivity contribution in [2.45, 2.75) is 0 Å². The minimum absolute atomic E-state index is 0.207. The zero-order valence-electron chi connectivity index (χ0n) is 14.7.